The van der Waals surface area contributed by atoms with Gasteiger partial charge in [0.1, 0.15) is 12.4 Å². The lowest BCUT2D eigenvalue weighted by atomic mass is 10.1. The van der Waals surface area contributed by atoms with E-state index in [0.29, 0.717) is 12.1 Å². The van der Waals surface area contributed by atoms with Gasteiger partial charge in [-0.25, -0.2) is 4.39 Å². The van der Waals surface area contributed by atoms with E-state index in [2.05, 4.69) is 5.32 Å². The average Bonchev–Trinajstić information content (AvgIpc) is 2.87. The highest BCUT2D eigenvalue weighted by Crippen LogP contribution is 2.18. The van der Waals surface area contributed by atoms with Crippen LogP contribution in [0.3, 0.4) is 0 Å². The predicted molar refractivity (Wildman–Crippen MR) is 79.3 cm³/mol. The van der Waals surface area contributed by atoms with Gasteiger partial charge in [0.2, 0.25) is 5.91 Å². The molecule has 1 amide bonds. The Morgan fingerprint density at radius 1 is 1.43 bits per heavy atom. The number of nitrogens with one attached hydrogen (secondary N) is 1. The van der Waals surface area contributed by atoms with Gasteiger partial charge in [0.25, 0.3) is 0 Å². The number of halogens is 1. The first-order valence-corrected chi connectivity index (χ1v) is 6.97. The maximum absolute atomic E-state index is 13.0. The number of carbonyl (C=O) groups is 1. The minimum absolute atomic E-state index is 0.120. The van der Waals surface area contributed by atoms with Gasteiger partial charge >= 0.3 is 0 Å². The molecule has 2 rings (SSSR count). The van der Waals surface area contributed by atoms with E-state index in [1.54, 1.807) is 35.2 Å². The third kappa shape index (κ3) is 4.43. The number of nitrogens with zero attached hydrogens (tertiary/aromatic N) is 1. The zero-order valence-corrected chi connectivity index (χ0v) is 11.9. The maximum atomic E-state index is 13.0. The van der Waals surface area contributed by atoms with E-state index >= 15 is 0 Å². The smallest absolute Gasteiger partial charge is 0.244 e. The quantitative estimate of drug-likeness (QED) is 0.859. The number of amides is 1. The fraction of sp³-hybridized carbons (Fsp3) is 0.312. The van der Waals surface area contributed by atoms with E-state index in [0.717, 1.165) is 12.0 Å². The average molecular weight is 290 g/mol. The Hall–Kier alpha value is -2.14. The van der Waals surface area contributed by atoms with E-state index in [9.17, 15) is 14.3 Å². The van der Waals surface area contributed by atoms with Crippen LogP contribution in [0.5, 0.6) is 0 Å². The molecule has 0 saturated carbocycles. The summed E-state index contributed by atoms with van der Waals surface area (Å²) in [5.74, 6) is -0.633. The first-order chi connectivity index (χ1) is 10.1. The van der Waals surface area contributed by atoms with Crippen molar-refractivity contribution >= 4 is 11.6 Å². The predicted octanol–water partition coefficient (Wildman–Crippen LogP) is 3.10. The summed E-state index contributed by atoms with van der Waals surface area (Å²) < 4.78 is 14.7. The molecule has 2 N–H and O–H groups in total. The van der Waals surface area contributed by atoms with E-state index in [4.69, 9.17) is 0 Å². The second-order valence-electron chi connectivity index (χ2n) is 4.98. The monoisotopic (exact) mass is 290 g/mol. The van der Waals surface area contributed by atoms with Crippen molar-refractivity contribution in [2.24, 2.45) is 0 Å². The molecule has 21 heavy (non-hydrogen) atoms. The summed E-state index contributed by atoms with van der Waals surface area (Å²) in [5.41, 5.74) is 1.23. The molecule has 4 nitrogen and oxygen atoms in total. The summed E-state index contributed by atoms with van der Waals surface area (Å²) in [4.78, 5) is 11.9. The number of benzene rings is 1. The molecule has 5 heteroatoms. The fourth-order valence-electron chi connectivity index (χ4n) is 2.13. The molecule has 0 bridgehead atoms. The second-order valence-corrected chi connectivity index (χ2v) is 4.98. The van der Waals surface area contributed by atoms with Crippen LogP contribution in [0.1, 0.15) is 31.4 Å². The van der Waals surface area contributed by atoms with Crippen LogP contribution >= 0.6 is 0 Å². The molecular weight excluding hydrogens is 271 g/mol. The topological polar surface area (TPSA) is 54.3 Å². The second kappa shape index (κ2) is 7.04. The first-order valence-electron chi connectivity index (χ1n) is 6.97. The number of hydrogen-bond donors (Lipinski definition) is 2. The lowest BCUT2D eigenvalue weighted by Crippen LogP contribution is -2.17. The summed E-state index contributed by atoms with van der Waals surface area (Å²) >= 11 is 0. The number of aliphatic hydroxyl groups excluding tert-OH is 1. The van der Waals surface area contributed by atoms with Gasteiger partial charge in [0, 0.05) is 18.1 Å². The summed E-state index contributed by atoms with van der Waals surface area (Å²) in [6.07, 6.45) is 4.60. The van der Waals surface area contributed by atoms with Crippen LogP contribution in [0.15, 0.2) is 42.7 Å². The molecule has 0 aliphatic rings. The van der Waals surface area contributed by atoms with Gasteiger partial charge in [-0.05, 0) is 36.2 Å². The SMILES string of the molecule is CCCC(O)c1ccn(CC(=O)Nc2cccc(F)c2)c1. The van der Waals surface area contributed by atoms with E-state index < -0.39 is 11.9 Å². The molecule has 112 valence electrons. The molecule has 0 radical (unpaired) electrons. The summed E-state index contributed by atoms with van der Waals surface area (Å²) in [5, 5.41) is 12.5. The zero-order valence-electron chi connectivity index (χ0n) is 11.9. The van der Waals surface area contributed by atoms with Gasteiger partial charge in [-0.3, -0.25) is 4.79 Å². The standard InChI is InChI=1S/C16H19FN2O2/c1-2-4-15(20)12-7-8-19(10-12)11-16(21)18-14-6-3-5-13(17)9-14/h3,5-10,15,20H,2,4,11H2,1H3,(H,18,21). The number of carbonyl (C=O) groups excluding carboxylic acids is 1. The van der Waals surface area contributed by atoms with Crippen molar-refractivity contribution in [3.63, 3.8) is 0 Å². The summed E-state index contributed by atoms with van der Waals surface area (Å²) in [6.45, 7) is 2.13. The first kappa shape index (κ1) is 15.3. The maximum Gasteiger partial charge on any atom is 0.244 e. The Morgan fingerprint density at radius 2 is 2.24 bits per heavy atom. The van der Waals surface area contributed by atoms with Crippen molar-refractivity contribution in [3.05, 3.63) is 54.1 Å². The molecule has 1 heterocycles. The van der Waals surface area contributed by atoms with Crippen LogP contribution in [0.2, 0.25) is 0 Å². The number of aliphatic hydroxyl groups is 1. The van der Waals surface area contributed by atoms with Gasteiger partial charge in [-0.2, -0.15) is 0 Å². The third-order valence-electron chi connectivity index (χ3n) is 3.15. The minimum Gasteiger partial charge on any atom is -0.388 e. The van der Waals surface area contributed by atoms with Gasteiger partial charge < -0.3 is 15.0 Å². The molecule has 1 aromatic heterocycles. The van der Waals surface area contributed by atoms with Crippen LogP contribution < -0.4 is 5.32 Å². The van der Waals surface area contributed by atoms with Crippen molar-refractivity contribution in [1.29, 1.82) is 0 Å². The minimum atomic E-state index is -0.498. The van der Waals surface area contributed by atoms with Gasteiger partial charge in [0.15, 0.2) is 0 Å². The van der Waals surface area contributed by atoms with Crippen LogP contribution in [0.4, 0.5) is 10.1 Å². The largest absolute Gasteiger partial charge is 0.388 e. The normalized spacial score (nSPS) is 12.1. The summed E-state index contributed by atoms with van der Waals surface area (Å²) in [7, 11) is 0. The Labute approximate surface area is 123 Å². The number of rotatable bonds is 6. The Balaban J connectivity index is 1.94. The van der Waals surface area contributed by atoms with Crippen molar-refractivity contribution < 1.29 is 14.3 Å². The molecule has 0 saturated heterocycles. The van der Waals surface area contributed by atoms with Gasteiger partial charge in [-0.15, -0.1) is 0 Å². The lowest BCUT2D eigenvalue weighted by molar-refractivity contribution is -0.116. The molecule has 0 fully saturated rings. The number of aromatic nitrogens is 1. The zero-order chi connectivity index (χ0) is 15.2. The van der Waals surface area contributed by atoms with Crippen molar-refractivity contribution in [1.82, 2.24) is 4.57 Å². The Morgan fingerprint density at radius 3 is 2.95 bits per heavy atom. The van der Waals surface area contributed by atoms with E-state index in [1.165, 1.54) is 12.1 Å². The molecule has 1 unspecified atom stereocenters. The lowest BCUT2D eigenvalue weighted by Gasteiger charge is -2.07. The summed E-state index contributed by atoms with van der Waals surface area (Å²) in [6, 6.07) is 7.57. The van der Waals surface area contributed by atoms with E-state index in [1.807, 2.05) is 6.92 Å². The van der Waals surface area contributed by atoms with Crippen LogP contribution in [-0.4, -0.2) is 15.6 Å². The van der Waals surface area contributed by atoms with Crippen LogP contribution in [0, 0.1) is 5.82 Å². The van der Waals surface area contributed by atoms with Crippen molar-refractivity contribution in [3.8, 4) is 0 Å². The molecule has 1 atom stereocenters. The van der Waals surface area contributed by atoms with Crippen LogP contribution in [-0.2, 0) is 11.3 Å². The Bertz CT molecular complexity index is 610. The number of anilines is 1. The Kier molecular flexibility index (Phi) is 5.11. The molecule has 0 spiro atoms. The highest BCUT2D eigenvalue weighted by molar-refractivity contribution is 5.90. The van der Waals surface area contributed by atoms with Crippen LogP contribution in [0.25, 0.3) is 0 Å². The molecular formula is C16H19FN2O2. The molecule has 1 aromatic carbocycles. The molecule has 2 aromatic rings. The molecule has 0 aliphatic heterocycles. The van der Waals surface area contributed by atoms with Gasteiger partial charge in [-0.1, -0.05) is 19.4 Å². The fourth-order valence-corrected chi connectivity index (χ4v) is 2.13. The molecule has 0 aliphatic carbocycles. The van der Waals surface area contributed by atoms with Gasteiger partial charge in [0.05, 0.1) is 6.10 Å². The van der Waals surface area contributed by atoms with E-state index in [-0.39, 0.29) is 12.5 Å². The highest BCUT2D eigenvalue weighted by Gasteiger charge is 2.09. The highest BCUT2D eigenvalue weighted by atomic mass is 19.1. The third-order valence-corrected chi connectivity index (χ3v) is 3.15. The van der Waals surface area contributed by atoms with Crippen molar-refractivity contribution in [2.75, 3.05) is 5.32 Å². The van der Waals surface area contributed by atoms with Crippen molar-refractivity contribution in [2.45, 2.75) is 32.4 Å². The number of hydrogen-bond acceptors (Lipinski definition) is 2.